The van der Waals surface area contributed by atoms with Gasteiger partial charge in [-0.05, 0) is 72.8 Å². The van der Waals surface area contributed by atoms with E-state index < -0.39 is 0 Å². The fraction of sp³-hybridized carbons (Fsp3) is 0.273. The highest BCUT2D eigenvalue weighted by molar-refractivity contribution is 7.97. The summed E-state index contributed by atoms with van der Waals surface area (Å²) in [6.45, 7) is 6.06. The molecule has 2 aromatic rings. The second kappa shape index (κ2) is 10.0. The van der Waals surface area contributed by atoms with E-state index in [0.29, 0.717) is 0 Å². The zero-order valence-electron chi connectivity index (χ0n) is 17.1. The normalized spacial score (nSPS) is 16.8. The molecule has 1 atom stereocenters. The Hall–Kier alpha value is -2.93. The number of aryl methyl sites for hydroxylation is 1. The molecule has 0 saturated carbocycles. The topological polar surface area (TPSA) is 67.8 Å². The highest BCUT2D eigenvalue weighted by Crippen LogP contribution is 2.33. The molecular weight excluding hydrogens is 384 g/mol. The van der Waals surface area contributed by atoms with Crippen LogP contribution in [0.3, 0.4) is 0 Å². The van der Waals surface area contributed by atoms with Crippen LogP contribution in [0.25, 0.3) is 0 Å². The summed E-state index contributed by atoms with van der Waals surface area (Å²) >= 11 is 1.49. The van der Waals surface area contributed by atoms with Crippen molar-refractivity contribution in [1.82, 2.24) is 9.71 Å². The highest BCUT2D eigenvalue weighted by atomic mass is 32.2. The Labute approximate surface area is 176 Å². The third-order valence-electron chi connectivity index (χ3n) is 4.24. The number of nitrogens with one attached hydrogen (secondary N) is 2. The number of allylic oxidation sites excluding steroid dienone is 2. The molecule has 1 aromatic carbocycles. The average molecular weight is 411 g/mol. The molecular formula is C22H26N4O2S. The lowest BCUT2D eigenvalue weighted by atomic mass is 10.1. The number of pyridine rings is 1. The predicted molar refractivity (Wildman–Crippen MR) is 120 cm³/mol. The van der Waals surface area contributed by atoms with E-state index in [1.54, 1.807) is 19.5 Å². The van der Waals surface area contributed by atoms with Crippen molar-refractivity contribution in [3.8, 4) is 11.5 Å². The standard InChI is InChI=1S/C20H20N4O2S.C2H6/c1-13-5-7-15(25-2)17(12-13)27-24-18-8-6-14(9-11-21-18)20-23-19-16(26-20)4-3-10-22-19;1-2/h3-5,7-12,20,24H,6H2,1-2H3,(H,22,23);1-2H3. The van der Waals surface area contributed by atoms with Crippen LogP contribution in [-0.2, 0) is 0 Å². The van der Waals surface area contributed by atoms with Crippen LogP contribution in [0.5, 0.6) is 11.5 Å². The van der Waals surface area contributed by atoms with Gasteiger partial charge in [-0.2, -0.15) is 0 Å². The first kappa shape index (κ1) is 20.8. The van der Waals surface area contributed by atoms with E-state index in [2.05, 4.69) is 33.0 Å². The molecule has 4 rings (SSSR count). The monoisotopic (exact) mass is 410 g/mol. The number of methoxy groups -OCH3 is 1. The van der Waals surface area contributed by atoms with Crippen molar-refractivity contribution in [3.05, 3.63) is 65.6 Å². The Morgan fingerprint density at radius 3 is 2.93 bits per heavy atom. The summed E-state index contributed by atoms with van der Waals surface area (Å²) in [6.07, 6.45) is 8.06. The Kier molecular flexibility index (Phi) is 7.19. The lowest BCUT2D eigenvalue weighted by Gasteiger charge is -2.13. The van der Waals surface area contributed by atoms with Crippen LogP contribution in [-0.4, -0.2) is 24.5 Å². The molecule has 0 spiro atoms. The van der Waals surface area contributed by atoms with Gasteiger partial charge in [0.25, 0.3) is 0 Å². The number of rotatable bonds is 5. The number of aliphatic imine (C=N–C) groups is 1. The van der Waals surface area contributed by atoms with Crippen LogP contribution in [0.15, 0.2) is 70.0 Å². The first-order valence-corrected chi connectivity index (χ1v) is 10.4. The number of hydrogen-bond acceptors (Lipinski definition) is 7. The van der Waals surface area contributed by atoms with E-state index in [9.17, 15) is 0 Å². The summed E-state index contributed by atoms with van der Waals surface area (Å²) in [6, 6.07) is 9.86. The van der Waals surface area contributed by atoms with Crippen molar-refractivity contribution in [2.24, 2.45) is 4.99 Å². The number of ether oxygens (including phenoxy) is 2. The van der Waals surface area contributed by atoms with Gasteiger partial charge >= 0.3 is 0 Å². The van der Waals surface area contributed by atoms with E-state index in [0.717, 1.165) is 40.0 Å². The molecule has 2 N–H and O–H groups in total. The number of hydrogen-bond donors (Lipinski definition) is 2. The summed E-state index contributed by atoms with van der Waals surface area (Å²) in [4.78, 5) is 9.79. The van der Waals surface area contributed by atoms with Gasteiger partial charge in [0.05, 0.1) is 12.0 Å². The molecule has 0 amide bonds. The summed E-state index contributed by atoms with van der Waals surface area (Å²) in [5.74, 6) is 3.18. The van der Waals surface area contributed by atoms with Gasteiger partial charge in [-0.3, -0.25) is 0 Å². The molecule has 0 bridgehead atoms. The molecule has 0 saturated heterocycles. The van der Waals surface area contributed by atoms with Gasteiger partial charge in [0.1, 0.15) is 11.6 Å². The van der Waals surface area contributed by atoms with Crippen LogP contribution in [0.4, 0.5) is 5.82 Å². The van der Waals surface area contributed by atoms with E-state index >= 15 is 0 Å². The van der Waals surface area contributed by atoms with Crippen LogP contribution in [0.2, 0.25) is 0 Å². The van der Waals surface area contributed by atoms with Crippen molar-refractivity contribution in [2.45, 2.75) is 38.3 Å². The molecule has 6 nitrogen and oxygen atoms in total. The second-order valence-electron chi connectivity index (χ2n) is 6.16. The third-order valence-corrected chi connectivity index (χ3v) is 5.09. The Balaban J connectivity index is 0.00000117. The van der Waals surface area contributed by atoms with Gasteiger partial charge < -0.3 is 19.5 Å². The quantitative estimate of drug-likeness (QED) is 0.669. The largest absolute Gasteiger partial charge is 0.496 e. The molecule has 29 heavy (non-hydrogen) atoms. The van der Waals surface area contributed by atoms with Gasteiger partial charge in [0.2, 0.25) is 0 Å². The minimum Gasteiger partial charge on any atom is -0.496 e. The smallest absolute Gasteiger partial charge is 0.194 e. The fourth-order valence-corrected chi connectivity index (χ4v) is 3.67. The number of fused-ring (bicyclic) bond motifs is 1. The number of benzene rings is 1. The maximum absolute atomic E-state index is 5.93. The predicted octanol–water partition coefficient (Wildman–Crippen LogP) is 5.09. The van der Waals surface area contributed by atoms with Crippen molar-refractivity contribution < 1.29 is 9.47 Å². The van der Waals surface area contributed by atoms with E-state index in [1.807, 2.05) is 50.3 Å². The summed E-state index contributed by atoms with van der Waals surface area (Å²) in [5.41, 5.74) is 2.27. The van der Waals surface area contributed by atoms with Gasteiger partial charge in [0, 0.05) is 12.4 Å². The minimum absolute atomic E-state index is 0.221. The third kappa shape index (κ3) is 5.12. The van der Waals surface area contributed by atoms with Gasteiger partial charge in [0.15, 0.2) is 17.8 Å². The van der Waals surface area contributed by atoms with E-state index in [4.69, 9.17) is 9.47 Å². The molecule has 2 aliphatic heterocycles. The second-order valence-corrected chi connectivity index (χ2v) is 7.01. The zero-order valence-corrected chi connectivity index (χ0v) is 17.9. The maximum Gasteiger partial charge on any atom is 0.194 e. The fourth-order valence-electron chi connectivity index (χ4n) is 2.83. The van der Waals surface area contributed by atoms with Gasteiger partial charge in [-0.1, -0.05) is 19.9 Å². The van der Waals surface area contributed by atoms with Crippen LogP contribution >= 0.6 is 11.9 Å². The molecule has 0 radical (unpaired) electrons. The van der Waals surface area contributed by atoms with Crippen molar-refractivity contribution in [2.75, 3.05) is 12.4 Å². The molecule has 2 aliphatic rings. The van der Waals surface area contributed by atoms with Crippen LogP contribution in [0, 0.1) is 6.92 Å². The molecule has 0 aliphatic carbocycles. The number of anilines is 1. The first-order valence-electron chi connectivity index (χ1n) is 9.62. The minimum atomic E-state index is -0.221. The number of aromatic nitrogens is 1. The van der Waals surface area contributed by atoms with Gasteiger partial charge in [-0.15, -0.1) is 0 Å². The average Bonchev–Trinajstić information content (AvgIpc) is 3.05. The first-order chi connectivity index (χ1) is 14.2. The van der Waals surface area contributed by atoms with Crippen LogP contribution in [0.1, 0.15) is 25.8 Å². The molecule has 3 heterocycles. The SMILES string of the molecule is CC.COc1ccc(C)cc1SNC1=CCC(C2Nc3ncccc3O2)=CC=N1. The van der Waals surface area contributed by atoms with Crippen molar-refractivity contribution in [3.63, 3.8) is 0 Å². The zero-order chi connectivity index (χ0) is 20.6. The summed E-state index contributed by atoms with van der Waals surface area (Å²) in [5, 5.41) is 3.29. The Bertz CT molecular complexity index is 915. The molecule has 0 fully saturated rings. The number of nitrogens with zero attached hydrogens (tertiary/aromatic N) is 2. The highest BCUT2D eigenvalue weighted by Gasteiger charge is 2.25. The maximum atomic E-state index is 5.93. The molecule has 7 heteroatoms. The van der Waals surface area contributed by atoms with E-state index in [-0.39, 0.29) is 6.23 Å². The molecule has 1 aromatic heterocycles. The molecule has 152 valence electrons. The Morgan fingerprint density at radius 2 is 2.14 bits per heavy atom. The Morgan fingerprint density at radius 1 is 1.28 bits per heavy atom. The van der Waals surface area contributed by atoms with Crippen molar-refractivity contribution >= 4 is 24.0 Å². The van der Waals surface area contributed by atoms with Gasteiger partial charge in [-0.25, -0.2) is 9.98 Å². The van der Waals surface area contributed by atoms with E-state index in [1.165, 1.54) is 17.5 Å². The summed E-state index contributed by atoms with van der Waals surface area (Å²) in [7, 11) is 1.68. The lowest BCUT2D eigenvalue weighted by Crippen LogP contribution is -2.23. The summed E-state index contributed by atoms with van der Waals surface area (Å²) < 4.78 is 14.7. The molecule has 1 unspecified atom stereocenters. The lowest BCUT2D eigenvalue weighted by molar-refractivity contribution is 0.287. The van der Waals surface area contributed by atoms with Crippen LogP contribution < -0.4 is 19.5 Å². The van der Waals surface area contributed by atoms with Crippen molar-refractivity contribution in [1.29, 1.82) is 0 Å².